The number of hydrogen-bond acceptors (Lipinski definition) is 2. The SMILES string of the molecule is CCCOc1ccccc1C(O)c1ccc(Br)c(C)c1. The van der Waals surface area contributed by atoms with Gasteiger partial charge in [0.2, 0.25) is 0 Å². The molecule has 106 valence electrons. The molecule has 2 aromatic carbocycles. The highest BCUT2D eigenvalue weighted by molar-refractivity contribution is 9.10. The highest BCUT2D eigenvalue weighted by Crippen LogP contribution is 2.31. The van der Waals surface area contributed by atoms with E-state index >= 15 is 0 Å². The number of hydrogen-bond donors (Lipinski definition) is 1. The zero-order valence-corrected chi connectivity index (χ0v) is 13.4. The standard InChI is InChI=1S/C17H19BrO2/c1-3-10-20-16-7-5-4-6-14(16)17(19)13-8-9-15(18)12(2)11-13/h4-9,11,17,19H,3,10H2,1-2H3. The second kappa shape index (κ2) is 6.91. The number of benzene rings is 2. The maximum atomic E-state index is 10.6. The highest BCUT2D eigenvalue weighted by atomic mass is 79.9. The molecule has 20 heavy (non-hydrogen) atoms. The average Bonchev–Trinajstić information content (AvgIpc) is 2.47. The minimum absolute atomic E-state index is 0.656. The molecule has 2 nitrogen and oxygen atoms in total. The van der Waals surface area contributed by atoms with Gasteiger partial charge in [-0.3, -0.25) is 0 Å². The van der Waals surface area contributed by atoms with Gasteiger partial charge in [-0.15, -0.1) is 0 Å². The Hall–Kier alpha value is -1.32. The summed E-state index contributed by atoms with van der Waals surface area (Å²) in [4.78, 5) is 0. The molecule has 0 amide bonds. The van der Waals surface area contributed by atoms with Gasteiger partial charge in [0.05, 0.1) is 6.61 Å². The molecule has 1 N–H and O–H groups in total. The van der Waals surface area contributed by atoms with Crippen LogP contribution < -0.4 is 4.74 Å². The predicted octanol–water partition coefficient (Wildman–Crippen LogP) is 4.63. The first-order chi connectivity index (χ1) is 9.63. The number of aliphatic hydroxyl groups is 1. The van der Waals surface area contributed by atoms with Crippen molar-refractivity contribution in [1.29, 1.82) is 0 Å². The molecule has 2 rings (SSSR count). The third-order valence-corrected chi connectivity index (χ3v) is 4.06. The van der Waals surface area contributed by atoms with Crippen LogP contribution in [0.15, 0.2) is 46.9 Å². The van der Waals surface area contributed by atoms with Crippen LogP contribution in [0.25, 0.3) is 0 Å². The molecule has 0 spiro atoms. The average molecular weight is 335 g/mol. The monoisotopic (exact) mass is 334 g/mol. The van der Waals surface area contributed by atoms with Gasteiger partial charge in [-0.05, 0) is 36.6 Å². The number of aliphatic hydroxyl groups excluding tert-OH is 1. The quantitative estimate of drug-likeness (QED) is 0.863. The largest absolute Gasteiger partial charge is 0.493 e. The molecule has 3 heteroatoms. The third-order valence-electron chi connectivity index (χ3n) is 3.17. The summed E-state index contributed by atoms with van der Waals surface area (Å²) in [6, 6.07) is 13.5. The van der Waals surface area contributed by atoms with Gasteiger partial charge in [-0.2, -0.15) is 0 Å². The Labute approximate surface area is 128 Å². The van der Waals surface area contributed by atoms with E-state index in [9.17, 15) is 5.11 Å². The summed E-state index contributed by atoms with van der Waals surface area (Å²) in [5.41, 5.74) is 2.79. The van der Waals surface area contributed by atoms with Crippen LogP contribution in [0.4, 0.5) is 0 Å². The van der Waals surface area contributed by atoms with Crippen molar-refractivity contribution in [3.63, 3.8) is 0 Å². The summed E-state index contributed by atoms with van der Waals surface area (Å²) < 4.78 is 6.76. The van der Waals surface area contributed by atoms with Crippen LogP contribution in [-0.4, -0.2) is 11.7 Å². The fraction of sp³-hybridized carbons (Fsp3) is 0.294. The Morgan fingerprint density at radius 2 is 1.95 bits per heavy atom. The van der Waals surface area contributed by atoms with Gasteiger partial charge in [0.25, 0.3) is 0 Å². The van der Waals surface area contributed by atoms with E-state index in [1.165, 1.54) is 0 Å². The van der Waals surface area contributed by atoms with Crippen LogP contribution >= 0.6 is 15.9 Å². The van der Waals surface area contributed by atoms with Crippen molar-refractivity contribution in [3.05, 3.63) is 63.6 Å². The van der Waals surface area contributed by atoms with E-state index < -0.39 is 6.10 Å². The lowest BCUT2D eigenvalue weighted by Crippen LogP contribution is -2.05. The van der Waals surface area contributed by atoms with Gasteiger partial charge in [0.1, 0.15) is 11.9 Å². The molecule has 0 heterocycles. The smallest absolute Gasteiger partial charge is 0.125 e. The fourth-order valence-electron chi connectivity index (χ4n) is 2.07. The normalized spacial score (nSPS) is 12.2. The second-order valence-corrected chi connectivity index (χ2v) is 5.65. The molecular weight excluding hydrogens is 316 g/mol. The maximum Gasteiger partial charge on any atom is 0.125 e. The summed E-state index contributed by atoms with van der Waals surface area (Å²) in [5.74, 6) is 0.752. The van der Waals surface area contributed by atoms with Crippen LogP contribution in [0, 0.1) is 6.92 Å². The van der Waals surface area contributed by atoms with E-state index in [2.05, 4.69) is 22.9 Å². The Balaban J connectivity index is 2.32. The Morgan fingerprint density at radius 3 is 2.65 bits per heavy atom. The summed E-state index contributed by atoms with van der Waals surface area (Å²) in [6.07, 6.45) is 0.275. The van der Waals surface area contributed by atoms with Crippen LogP contribution in [0.3, 0.4) is 0 Å². The van der Waals surface area contributed by atoms with Crippen LogP contribution in [0.1, 0.15) is 36.1 Å². The molecule has 2 aromatic rings. The first-order valence-electron chi connectivity index (χ1n) is 6.79. The fourth-order valence-corrected chi connectivity index (χ4v) is 2.31. The molecule has 0 aromatic heterocycles. The first-order valence-corrected chi connectivity index (χ1v) is 7.58. The van der Waals surface area contributed by atoms with Gasteiger partial charge >= 0.3 is 0 Å². The molecule has 1 unspecified atom stereocenters. The van der Waals surface area contributed by atoms with Crippen LogP contribution in [0.5, 0.6) is 5.75 Å². The molecule has 0 aliphatic rings. The lowest BCUT2D eigenvalue weighted by Gasteiger charge is -2.17. The lowest BCUT2D eigenvalue weighted by molar-refractivity contribution is 0.210. The zero-order chi connectivity index (χ0) is 14.5. The van der Waals surface area contributed by atoms with Crippen LogP contribution in [-0.2, 0) is 0 Å². The highest BCUT2D eigenvalue weighted by Gasteiger charge is 2.15. The van der Waals surface area contributed by atoms with Crippen molar-refractivity contribution in [3.8, 4) is 5.75 Å². The van der Waals surface area contributed by atoms with Gasteiger partial charge in [0, 0.05) is 10.0 Å². The molecule has 0 fully saturated rings. The number of aryl methyl sites for hydroxylation is 1. The molecular formula is C17H19BrO2. The molecule has 0 saturated heterocycles. The molecule has 0 radical (unpaired) electrons. The van der Waals surface area contributed by atoms with Gasteiger partial charge in [-0.25, -0.2) is 0 Å². The minimum Gasteiger partial charge on any atom is -0.493 e. The van der Waals surface area contributed by atoms with Gasteiger partial charge in [-0.1, -0.05) is 53.2 Å². The van der Waals surface area contributed by atoms with E-state index in [0.717, 1.165) is 33.3 Å². The summed E-state index contributed by atoms with van der Waals surface area (Å²) >= 11 is 3.48. The van der Waals surface area contributed by atoms with E-state index in [0.29, 0.717) is 6.61 Å². The maximum absolute atomic E-state index is 10.6. The summed E-state index contributed by atoms with van der Waals surface area (Å²) in [5, 5.41) is 10.6. The molecule has 0 aliphatic carbocycles. The molecule has 1 atom stereocenters. The Morgan fingerprint density at radius 1 is 1.20 bits per heavy atom. The predicted molar refractivity (Wildman–Crippen MR) is 85.2 cm³/mol. The lowest BCUT2D eigenvalue weighted by atomic mass is 9.99. The zero-order valence-electron chi connectivity index (χ0n) is 11.8. The van der Waals surface area contributed by atoms with Crippen molar-refractivity contribution in [2.75, 3.05) is 6.61 Å². The number of halogens is 1. The summed E-state index contributed by atoms with van der Waals surface area (Å²) in [6.45, 7) is 4.74. The minimum atomic E-state index is -0.671. The van der Waals surface area contributed by atoms with E-state index in [1.807, 2.05) is 49.4 Å². The van der Waals surface area contributed by atoms with Gasteiger partial charge < -0.3 is 9.84 Å². The Kier molecular flexibility index (Phi) is 5.21. The van der Waals surface area contributed by atoms with Crippen molar-refractivity contribution >= 4 is 15.9 Å². The van der Waals surface area contributed by atoms with Crippen molar-refractivity contribution in [2.45, 2.75) is 26.4 Å². The molecule has 0 saturated carbocycles. The van der Waals surface area contributed by atoms with E-state index in [-0.39, 0.29) is 0 Å². The van der Waals surface area contributed by atoms with E-state index in [1.54, 1.807) is 0 Å². The second-order valence-electron chi connectivity index (χ2n) is 4.80. The van der Waals surface area contributed by atoms with Crippen molar-refractivity contribution in [1.82, 2.24) is 0 Å². The number of rotatable bonds is 5. The van der Waals surface area contributed by atoms with Crippen LogP contribution in [0.2, 0.25) is 0 Å². The topological polar surface area (TPSA) is 29.5 Å². The molecule has 0 aliphatic heterocycles. The first kappa shape index (κ1) is 15.1. The number of ether oxygens (including phenoxy) is 1. The Bertz CT molecular complexity index is 581. The van der Waals surface area contributed by atoms with Crippen molar-refractivity contribution < 1.29 is 9.84 Å². The van der Waals surface area contributed by atoms with E-state index in [4.69, 9.17) is 4.74 Å². The molecule has 0 bridgehead atoms. The van der Waals surface area contributed by atoms with Gasteiger partial charge in [0.15, 0.2) is 0 Å². The number of para-hydroxylation sites is 1. The summed E-state index contributed by atoms with van der Waals surface area (Å²) in [7, 11) is 0. The third kappa shape index (κ3) is 3.41. The van der Waals surface area contributed by atoms with Crippen molar-refractivity contribution in [2.24, 2.45) is 0 Å².